The quantitative estimate of drug-likeness (QED) is 0.287. The second-order valence-electron chi connectivity index (χ2n) is 6.25. The fourth-order valence-electron chi connectivity index (χ4n) is 2.64. The van der Waals surface area contributed by atoms with E-state index in [0.717, 1.165) is 11.6 Å². The second kappa shape index (κ2) is 11.9. The first-order valence-corrected chi connectivity index (χ1v) is 10.4. The molecule has 0 heterocycles. The minimum Gasteiger partial charge on any atom is -0.490 e. The van der Waals surface area contributed by atoms with E-state index in [1.807, 2.05) is 32.0 Å². The van der Waals surface area contributed by atoms with E-state index in [2.05, 4.69) is 21.2 Å². The lowest BCUT2D eigenvalue weighted by atomic mass is 10.1. The summed E-state index contributed by atoms with van der Waals surface area (Å²) in [5.41, 5.74) is 0.674. The molecule has 10 heteroatoms. The van der Waals surface area contributed by atoms with Crippen LogP contribution in [0.1, 0.15) is 29.8 Å². The highest BCUT2D eigenvalue weighted by Crippen LogP contribution is 2.28. The van der Waals surface area contributed by atoms with Crippen LogP contribution < -0.4 is 14.8 Å². The van der Waals surface area contributed by atoms with Crippen molar-refractivity contribution in [2.24, 2.45) is 0 Å². The molecule has 0 saturated carbocycles. The number of nitro groups is 1. The number of nitro benzene ring substituents is 1. The smallest absolute Gasteiger partial charge is 0.338 e. The van der Waals surface area contributed by atoms with Crippen molar-refractivity contribution in [1.82, 2.24) is 5.32 Å². The van der Waals surface area contributed by atoms with Gasteiger partial charge in [-0.3, -0.25) is 14.9 Å². The fourth-order valence-corrected chi connectivity index (χ4v) is 3.03. The first kappa shape index (κ1) is 24.1. The molecule has 0 aliphatic carbocycles. The van der Waals surface area contributed by atoms with Gasteiger partial charge in [0.25, 0.3) is 11.6 Å². The predicted octanol–water partition coefficient (Wildman–Crippen LogP) is 3.67. The van der Waals surface area contributed by atoms with Gasteiger partial charge in [-0.05, 0) is 66.0 Å². The van der Waals surface area contributed by atoms with Crippen LogP contribution in [0.2, 0.25) is 0 Å². The molecule has 9 nitrogen and oxygen atoms in total. The number of carbonyl (C=O) groups is 2. The summed E-state index contributed by atoms with van der Waals surface area (Å²) in [6.07, 6.45) is 0.547. The van der Waals surface area contributed by atoms with Crippen LogP contribution in [0.3, 0.4) is 0 Å². The topological polar surface area (TPSA) is 117 Å². The Balaban J connectivity index is 1.83. The molecule has 0 unspecified atom stereocenters. The van der Waals surface area contributed by atoms with Crippen LogP contribution >= 0.6 is 15.9 Å². The zero-order valence-electron chi connectivity index (χ0n) is 17.2. The molecule has 2 aromatic carbocycles. The van der Waals surface area contributed by atoms with Gasteiger partial charge >= 0.3 is 5.97 Å². The molecular formula is C21H23BrN2O7. The summed E-state index contributed by atoms with van der Waals surface area (Å²) in [5, 5.41) is 13.6. The molecule has 0 aliphatic heterocycles. The summed E-state index contributed by atoms with van der Waals surface area (Å²) in [7, 11) is 0. The summed E-state index contributed by atoms with van der Waals surface area (Å²) >= 11 is 3.04. The molecular weight excluding hydrogens is 472 g/mol. The monoisotopic (exact) mass is 494 g/mol. The van der Waals surface area contributed by atoms with Crippen molar-refractivity contribution in [1.29, 1.82) is 0 Å². The van der Waals surface area contributed by atoms with Gasteiger partial charge in [-0.15, -0.1) is 0 Å². The number of rotatable bonds is 11. The average Bonchev–Trinajstić information content (AvgIpc) is 2.74. The van der Waals surface area contributed by atoms with Crippen LogP contribution in [0, 0.1) is 10.1 Å². The van der Waals surface area contributed by atoms with Crippen molar-refractivity contribution >= 4 is 33.5 Å². The molecule has 0 aromatic heterocycles. The van der Waals surface area contributed by atoms with Crippen molar-refractivity contribution in [3.63, 3.8) is 0 Å². The van der Waals surface area contributed by atoms with Gasteiger partial charge in [0.15, 0.2) is 18.1 Å². The maximum absolute atomic E-state index is 12.0. The number of esters is 1. The third kappa shape index (κ3) is 7.25. The van der Waals surface area contributed by atoms with Crippen LogP contribution in [0.25, 0.3) is 0 Å². The Labute approximate surface area is 188 Å². The third-order valence-electron chi connectivity index (χ3n) is 4.06. The van der Waals surface area contributed by atoms with Crippen molar-refractivity contribution in [3.05, 3.63) is 62.1 Å². The number of hydrogen-bond acceptors (Lipinski definition) is 7. The van der Waals surface area contributed by atoms with E-state index in [4.69, 9.17) is 14.2 Å². The highest BCUT2D eigenvalue weighted by Gasteiger charge is 2.17. The zero-order valence-corrected chi connectivity index (χ0v) is 18.8. The fraction of sp³-hybridized carbons (Fsp3) is 0.333. The first-order chi connectivity index (χ1) is 14.8. The Morgan fingerprint density at radius 1 is 1.06 bits per heavy atom. The molecule has 0 fully saturated rings. The number of nitrogens with one attached hydrogen (secondary N) is 1. The van der Waals surface area contributed by atoms with Crippen molar-refractivity contribution < 1.29 is 28.7 Å². The number of carbonyl (C=O) groups excluding carboxylic acids is 2. The molecule has 0 radical (unpaired) electrons. The van der Waals surface area contributed by atoms with Crippen molar-refractivity contribution in [3.8, 4) is 11.5 Å². The van der Waals surface area contributed by atoms with E-state index in [9.17, 15) is 19.7 Å². The van der Waals surface area contributed by atoms with Gasteiger partial charge in [-0.1, -0.05) is 6.07 Å². The molecule has 0 atom stereocenters. The second-order valence-corrected chi connectivity index (χ2v) is 7.10. The highest BCUT2D eigenvalue weighted by molar-refractivity contribution is 9.10. The summed E-state index contributed by atoms with van der Waals surface area (Å²) in [6.45, 7) is 4.66. The maximum atomic E-state index is 12.0. The Kier molecular flexibility index (Phi) is 9.26. The first-order valence-electron chi connectivity index (χ1n) is 9.62. The minimum absolute atomic E-state index is 0.0134. The number of halogens is 1. The van der Waals surface area contributed by atoms with Crippen molar-refractivity contribution in [2.75, 3.05) is 26.4 Å². The number of ether oxygens (including phenoxy) is 3. The Morgan fingerprint density at radius 3 is 2.45 bits per heavy atom. The Morgan fingerprint density at radius 2 is 1.77 bits per heavy atom. The standard InChI is InChI=1S/C21H23BrN2O7/c1-3-29-18-8-5-14(11-19(18)30-4-2)9-10-23-20(25)13-31-21(26)15-6-7-16(22)17(12-15)24(27)28/h5-8,11-12H,3-4,9-10,13H2,1-2H3,(H,23,25). The Bertz CT molecular complexity index is 949. The molecule has 1 amide bonds. The van der Waals surface area contributed by atoms with E-state index >= 15 is 0 Å². The van der Waals surface area contributed by atoms with E-state index in [0.29, 0.717) is 37.7 Å². The van der Waals surface area contributed by atoms with Gasteiger partial charge in [0.1, 0.15) is 0 Å². The van der Waals surface area contributed by atoms with Crippen LogP contribution in [0.15, 0.2) is 40.9 Å². The van der Waals surface area contributed by atoms with Gasteiger partial charge in [0.2, 0.25) is 0 Å². The third-order valence-corrected chi connectivity index (χ3v) is 4.73. The van der Waals surface area contributed by atoms with E-state index < -0.39 is 23.4 Å². The summed E-state index contributed by atoms with van der Waals surface area (Å²) < 4.78 is 16.3. The number of hydrogen-bond donors (Lipinski definition) is 1. The molecule has 1 N–H and O–H groups in total. The summed E-state index contributed by atoms with van der Waals surface area (Å²) in [6, 6.07) is 9.42. The lowest BCUT2D eigenvalue weighted by Crippen LogP contribution is -2.30. The lowest BCUT2D eigenvalue weighted by Gasteiger charge is -2.12. The SMILES string of the molecule is CCOc1ccc(CCNC(=O)COC(=O)c2ccc(Br)c([N+](=O)[O-])c2)cc1OCC. The average molecular weight is 495 g/mol. The minimum atomic E-state index is -0.821. The van der Waals surface area contributed by atoms with E-state index in [1.165, 1.54) is 12.1 Å². The predicted molar refractivity (Wildman–Crippen MR) is 117 cm³/mol. The van der Waals surface area contributed by atoms with Crippen molar-refractivity contribution in [2.45, 2.75) is 20.3 Å². The molecule has 0 saturated heterocycles. The summed E-state index contributed by atoms with van der Waals surface area (Å²) in [4.78, 5) is 34.3. The number of nitrogens with zero attached hydrogens (tertiary/aromatic N) is 1. The number of benzene rings is 2. The van der Waals surface area contributed by atoms with E-state index in [1.54, 1.807) is 0 Å². The highest BCUT2D eigenvalue weighted by atomic mass is 79.9. The molecule has 166 valence electrons. The lowest BCUT2D eigenvalue weighted by molar-refractivity contribution is -0.385. The van der Waals surface area contributed by atoms with Gasteiger partial charge in [-0.2, -0.15) is 0 Å². The number of amides is 1. The van der Waals surface area contributed by atoms with Gasteiger partial charge in [-0.25, -0.2) is 4.79 Å². The van der Waals surface area contributed by atoms with Crippen LogP contribution in [-0.2, 0) is 16.0 Å². The molecule has 0 spiro atoms. The Hall–Kier alpha value is -3.14. The van der Waals surface area contributed by atoms with E-state index in [-0.39, 0.29) is 15.7 Å². The molecule has 2 aromatic rings. The van der Waals surface area contributed by atoms with Crippen LogP contribution in [-0.4, -0.2) is 43.2 Å². The molecule has 2 rings (SSSR count). The van der Waals surface area contributed by atoms with Crippen LogP contribution in [0.4, 0.5) is 5.69 Å². The molecule has 0 aliphatic rings. The maximum Gasteiger partial charge on any atom is 0.338 e. The van der Waals surface area contributed by atoms with Gasteiger partial charge in [0.05, 0.1) is 28.2 Å². The normalized spacial score (nSPS) is 10.3. The molecule has 31 heavy (non-hydrogen) atoms. The summed E-state index contributed by atoms with van der Waals surface area (Å²) in [5.74, 6) is 0.0115. The largest absolute Gasteiger partial charge is 0.490 e. The van der Waals surface area contributed by atoms with Gasteiger partial charge < -0.3 is 19.5 Å². The zero-order chi connectivity index (χ0) is 22.8. The van der Waals surface area contributed by atoms with Crippen LogP contribution in [0.5, 0.6) is 11.5 Å². The van der Waals surface area contributed by atoms with Gasteiger partial charge in [0, 0.05) is 12.6 Å². The molecule has 0 bridgehead atoms.